The van der Waals surface area contributed by atoms with Crippen LogP contribution in [0, 0.1) is 35.0 Å². The summed E-state index contributed by atoms with van der Waals surface area (Å²) in [6.45, 7) is 6.97. The molecule has 3 saturated carbocycles. The summed E-state index contributed by atoms with van der Waals surface area (Å²) in [7, 11) is 1.57. The second kappa shape index (κ2) is 14.0. The van der Waals surface area contributed by atoms with E-state index in [0.717, 1.165) is 38.8 Å². The molecule has 0 saturated heterocycles. The number of halogens is 3. The van der Waals surface area contributed by atoms with Gasteiger partial charge in [0.05, 0.1) is 30.3 Å². The van der Waals surface area contributed by atoms with E-state index in [1.165, 1.54) is 4.90 Å². The third-order valence-electron chi connectivity index (χ3n) is 9.36. The molecule has 1 N–H and O–H groups in total. The SMILES string of the molecule is COC1CCCC(Cl)C1C(=O)CN(C(=O)C(C=N)C(=NC1CCC(C)CC1)C(C)(F)F)C1CCC(C(C)C)C1. The van der Waals surface area contributed by atoms with Crippen molar-refractivity contribution in [1.29, 1.82) is 5.41 Å². The van der Waals surface area contributed by atoms with Gasteiger partial charge in [-0.3, -0.25) is 14.6 Å². The van der Waals surface area contributed by atoms with Crippen LogP contribution in [-0.4, -0.2) is 71.7 Å². The van der Waals surface area contributed by atoms with Crippen LogP contribution in [0.3, 0.4) is 0 Å². The molecule has 6 nitrogen and oxygen atoms in total. The highest BCUT2D eigenvalue weighted by Gasteiger charge is 2.45. The molecule has 0 spiro atoms. The third-order valence-corrected chi connectivity index (χ3v) is 9.85. The van der Waals surface area contributed by atoms with Crippen LogP contribution in [0.1, 0.15) is 91.9 Å². The summed E-state index contributed by atoms with van der Waals surface area (Å²) in [4.78, 5) is 33.7. The van der Waals surface area contributed by atoms with Crippen LogP contribution in [0.4, 0.5) is 8.78 Å². The molecule has 0 aliphatic heterocycles. The molecule has 0 radical (unpaired) electrons. The number of rotatable bonds is 11. The first-order chi connectivity index (χ1) is 18.4. The smallest absolute Gasteiger partial charge is 0.283 e. The molecule has 3 rings (SSSR count). The number of aliphatic imine (C=N–C) groups is 1. The second-order valence-corrected chi connectivity index (χ2v) is 13.2. The van der Waals surface area contributed by atoms with Crippen molar-refractivity contribution in [1.82, 2.24) is 4.90 Å². The number of methoxy groups -OCH3 is 1. The zero-order valence-electron chi connectivity index (χ0n) is 24.3. The Morgan fingerprint density at radius 1 is 1.13 bits per heavy atom. The van der Waals surface area contributed by atoms with E-state index < -0.39 is 34.8 Å². The molecule has 9 heteroatoms. The van der Waals surface area contributed by atoms with E-state index in [2.05, 4.69) is 25.8 Å². The van der Waals surface area contributed by atoms with Crippen molar-refractivity contribution in [2.45, 2.75) is 121 Å². The maximum atomic E-state index is 15.0. The molecule has 0 aromatic rings. The molecular formula is C30H48ClF2N3O3. The quantitative estimate of drug-likeness (QED) is 0.225. The van der Waals surface area contributed by atoms with Crippen LogP contribution in [0.15, 0.2) is 4.99 Å². The van der Waals surface area contributed by atoms with Crippen LogP contribution in [0.5, 0.6) is 0 Å². The number of carbonyl (C=O) groups is 2. The molecule has 0 bridgehead atoms. The lowest BCUT2D eigenvalue weighted by Crippen LogP contribution is -2.52. The van der Waals surface area contributed by atoms with Gasteiger partial charge >= 0.3 is 0 Å². The van der Waals surface area contributed by atoms with E-state index in [1.807, 2.05) is 0 Å². The molecule has 3 aliphatic carbocycles. The van der Waals surface area contributed by atoms with Crippen LogP contribution in [-0.2, 0) is 14.3 Å². The average Bonchev–Trinajstić information content (AvgIpc) is 3.37. The Labute approximate surface area is 238 Å². The fraction of sp³-hybridized carbons (Fsp3) is 0.867. The van der Waals surface area contributed by atoms with Gasteiger partial charge in [-0.05, 0) is 82.0 Å². The van der Waals surface area contributed by atoms with Crippen molar-refractivity contribution in [3.8, 4) is 0 Å². The van der Waals surface area contributed by atoms with E-state index in [4.69, 9.17) is 21.7 Å². The molecule has 6 atom stereocenters. The minimum Gasteiger partial charge on any atom is -0.381 e. The zero-order chi connectivity index (χ0) is 28.9. The van der Waals surface area contributed by atoms with E-state index in [9.17, 15) is 9.59 Å². The second-order valence-electron chi connectivity index (χ2n) is 12.6. The molecule has 222 valence electrons. The summed E-state index contributed by atoms with van der Waals surface area (Å²) in [5, 5.41) is 7.68. The fourth-order valence-corrected chi connectivity index (χ4v) is 7.26. The number of Topliss-reactive ketones (excluding diaryl/α,β-unsaturated/α-hetero) is 1. The van der Waals surface area contributed by atoms with Crippen LogP contribution in [0.2, 0.25) is 0 Å². The van der Waals surface area contributed by atoms with E-state index >= 15 is 8.78 Å². The Morgan fingerprint density at radius 3 is 2.33 bits per heavy atom. The summed E-state index contributed by atoms with van der Waals surface area (Å²) in [6.07, 6.45) is 8.22. The number of carbonyl (C=O) groups excluding carboxylic acids is 2. The molecular weight excluding hydrogens is 524 g/mol. The highest BCUT2D eigenvalue weighted by atomic mass is 35.5. The Kier molecular flexibility index (Phi) is 11.5. The van der Waals surface area contributed by atoms with E-state index in [1.54, 1.807) is 7.11 Å². The number of hydrogen-bond acceptors (Lipinski definition) is 5. The largest absolute Gasteiger partial charge is 0.381 e. The van der Waals surface area contributed by atoms with Crippen LogP contribution >= 0.6 is 11.6 Å². The molecule has 39 heavy (non-hydrogen) atoms. The monoisotopic (exact) mass is 571 g/mol. The first kappa shape index (κ1) is 32.1. The van der Waals surface area contributed by atoms with Crippen molar-refractivity contribution in [2.24, 2.45) is 34.6 Å². The predicted octanol–water partition coefficient (Wildman–Crippen LogP) is 6.57. The van der Waals surface area contributed by atoms with Gasteiger partial charge < -0.3 is 15.0 Å². The lowest BCUT2D eigenvalue weighted by molar-refractivity contribution is -0.141. The maximum Gasteiger partial charge on any atom is 0.283 e. The number of amides is 1. The standard InChI is InChI=1S/C30H48ClF2N3O3/c1-18(2)20-11-14-22(15-20)36(17-25(37)27-24(31)7-6-8-26(27)39-5)29(38)23(16-34)28(30(4,32)33)35-21-12-9-19(3)10-13-21/h16,18-24,26-27,34H,6-15,17H2,1-5H3. The van der Waals surface area contributed by atoms with Gasteiger partial charge in [0, 0.05) is 31.7 Å². The number of ether oxygens (including phenoxy) is 1. The Balaban J connectivity index is 1.93. The normalized spacial score (nSPS) is 33.2. The van der Waals surface area contributed by atoms with Gasteiger partial charge in [0.25, 0.3) is 5.92 Å². The number of nitrogens with zero attached hydrogens (tertiary/aromatic N) is 2. The summed E-state index contributed by atoms with van der Waals surface area (Å²) >= 11 is 6.60. The predicted molar refractivity (Wildman–Crippen MR) is 152 cm³/mol. The molecule has 3 fully saturated rings. The molecule has 0 heterocycles. The lowest BCUT2D eigenvalue weighted by atomic mass is 9.82. The number of alkyl halides is 3. The number of hydrogen-bond donors (Lipinski definition) is 1. The molecule has 3 aliphatic rings. The maximum absolute atomic E-state index is 15.0. The lowest BCUT2D eigenvalue weighted by Gasteiger charge is -2.37. The summed E-state index contributed by atoms with van der Waals surface area (Å²) in [5.74, 6) is -4.94. The summed E-state index contributed by atoms with van der Waals surface area (Å²) in [5.41, 5.74) is -0.555. The van der Waals surface area contributed by atoms with E-state index in [0.29, 0.717) is 56.3 Å². The van der Waals surface area contributed by atoms with Crippen molar-refractivity contribution in [2.75, 3.05) is 13.7 Å². The minimum atomic E-state index is -3.36. The fourth-order valence-electron chi connectivity index (χ4n) is 6.80. The van der Waals surface area contributed by atoms with Crippen molar-refractivity contribution >= 4 is 35.2 Å². The third kappa shape index (κ3) is 8.08. The van der Waals surface area contributed by atoms with Gasteiger partial charge in [0.15, 0.2) is 5.78 Å². The topological polar surface area (TPSA) is 82.8 Å². The van der Waals surface area contributed by atoms with Gasteiger partial charge in [-0.1, -0.05) is 20.8 Å². The molecule has 1 amide bonds. The zero-order valence-corrected chi connectivity index (χ0v) is 25.1. The summed E-state index contributed by atoms with van der Waals surface area (Å²) in [6, 6.07) is -0.539. The van der Waals surface area contributed by atoms with Crippen LogP contribution in [0.25, 0.3) is 0 Å². The minimum absolute atomic E-state index is 0.199. The average molecular weight is 572 g/mol. The Bertz CT molecular complexity index is 885. The van der Waals surface area contributed by atoms with Crippen molar-refractivity contribution in [3.63, 3.8) is 0 Å². The first-order valence-corrected chi connectivity index (χ1v) is 15.3. The van der Waals surface area contributed by atoms with Crippen LogP contribution < -0.4 is 0 Å². The van der Waals surface area contributed by atoms with Gasteiger partial charge in [-0.15, -0.1) is 11.6 Å². The van der Waals surface area contributed by atoms with Crippen molar-refractivity contribution in [3.05, 3.63) is 0 Å². The number of ketones is 1. The van der Waals surface area contributed by atoms with Gasteiger partial charge in [-0.25, -0.2) is 8.78 Å². The van der Waals surface area contributed by atoms with Crippen molar-refractivity contribution < 1.29 is 23.1 Å². The first-order valence-electron chi connectivity index (χ1n) is 14.8. The Morgan fingerprint density at radius 2 is 1.79 bits per heavy atom. The number of nitrogens with one attached hydrogen (secondary N) is 1. The highest BCUT2D eigenvalue weighted by Crippen LogP contribution is 2.37. The molecule has 6 unspecified atom stereocenters. The highest BCUT2D eigenvalue weighted by molar-refractivity contribution is 6.22. The molecule has 0 aromatic heterocycles. The Hall–Kier alpha value is -1.41. The molecule has 0 aromatic carbocycles. The van der Waals surface area contributed by atoms with E-state index in [-0.39, 0.29) is 30.5 Å². The van der Waals surface area contributed by atoms with Gasteiger partial charge in [0.1, 0.15) is 5.92 Å². The van der Waals surface area contributed by atoms with Gasteiger partial charge in [0.2, 0.25) is 5.91 Å². The van der Waals surface area contributed by atoms with Gasteiger partial charge in [-0.2, -0.15) is 0 Å². The summed E-state index contributed by atoms with van der Waals surface area (Å²) < 4.78 is 35.6.